The van der Waals surface area contributed by atoms with Gasteiger partial charge in [-0.3, -0.25) is 4.79 Å². The number of anilines is 1. The molecular weight excluding hydrogens is 372 g/mol. The molecule has 0 aliphatic rings. The first-order chi connectivity index (χ1) is 13.1. The number of aromatic nitrogens is 2. The number of amides is 1. The Kier molecular flexibility index (Phi) is 5.47. The van der Waals surface area contributed by atoms with Crippen LogP contribution in [-0.4, -0.2) is 21.7 Å². The van der Waals surface area contributed by atoms with Crippen molar-refractivity contribution < 1.29 is 4.79 Å². The highest BCUT2D eigenvalue weighted by Crippen LogP contribution is 2.25. The molecule has 0 saturated heterocycles. The van der Waals surface area contributed by atoms with Gasteiger partial charge in [-0.05, 0) is 48.7 Å². The molecule has 1 aromatic heterocycles. The van der Waals surface area contributed by atoms with Crippen molar-refractivity contribution in [2.24, 2.45) is 5.41 Å². The van der Waals surface area contributed by atoms with Crippen LogP contribution < -0.4 is 11.1 Å². The minimum atomic E-state index is -0.0933. The van der Waals surface area contributed by atoms with Crippen LogP contribution in [0.5, 0.6) is 0 Å². The average molecular weight is 397 g/mol. The van der Waals surface area contributed by atoms with Gasteiger partial charge in [0.25, 0.3) is 5.91 Å². The third-order valence-electron chi connectivity index (χ3n) is 4.90. The molecule has 6 heteroatoms. The first kappa shape index (κ1) is 20.0. The Morgan fingerprint density at radius 3 is 2.29 bits per heavy atom. The molecule has 0 spiro atoms. The monoisotopic (exact) mass is 396 g/mol. The van der Waals surface area contributed by atoms with E-state index < -0.39 is 0 Å². The molecule has 0 bridgehead atoms. The van der Waals surface area contributed by atoms with Crippen LogP contribution in [0.2, 0.25) is 5.02 Å². The Hall–Kier alpha value is -2.79. The van der Waals surface area contributed by atoms with Crippen LogP contribution in [-0.2, 0) is 0 Å². The van der Waals surface area contributed by atoms with E-state index in [0.717, 1.165) is 16.9 Å². The predicted octanol–water partition coefficient (Wildman–Crippen LogP) is 4.94. The summed E-state index contributed by atoms with van der Waals surface area (Å²) in [6.45, 7) is 8.30. The molecule has 1 amide bonds. The zero-order valence-electron chi connectivity index (χ0n) is 16.5. The predicted molar refractivity (Wildman–Crippen MR) is 115 cm³/mol. The Bertz CT molecular complexity index is 969. The summed E-state index contributed by atoms with van der Waals surface area (Å²) >= 11 is 5.95. The van der Waals surface area contributed by atoms with E-state index in [1.54, 1.807) is 16.8 Å². The van der Waals surface area contributed by atoms with E-state index in [1.165, 1.54) is 0 Å². The minimum Gasteiger partial charge on any atom is -0.384 e. The standard InChI is InChI=1S/C22H25ClN4O/c1-14(22(2,3)4)25-21(28)16-7-11-18(12-8-16)27-20(24)13-19(26-27)15-5-9-17(23)10-6-15/h5-14H,24H2,1-4H3,(H,25,28)/t14-/m1/s1. The van der Waals surface area contributed by atoms with Gasteiger partial charge in [0.1, 0.15) is 5.82 Å². The Balaban J connectivity index is 1.80. The second-order valence-corrected chi connectivity index (χ2v) is 8.42. The van der Waals surface area contributed by atoms with Crippen molar-refractivity contribution in [2.45, 2.75) is 33.7 Å². The number of nitrogens with one attached hydrogen (secondary N) is 1. The van der Waals surface area contributed by atoms with Gasteiger partial charge in [-0.25, -0.2) is 4.68 Å². The number of nitrogen functional groups attached to an aromatic ring is 1. The van der Waals surface area contributed by atoms with Gasteiger partial charge in [0.15, 0.2) is 0 Å². The fraction of sp³-hybridized carbons (Fsp3) is 0.273. The Labute approximate surface area is 170 Å². The SMILES string of the molecule is C[C@@H](NC(=O)c1ccc(-n2nc(-c3ccc(Cl)cc3)cc2N)cc1)C(C)(C)C. The third kappa shape index (κ3) is 4.37. The topological polar surface area (TPSA) is 72.9 Å². The van der Waals surface area contributed by atoms with Crippen molar-refractivity contribution in [2.75, 3.05) is 5.73 Å². The van der Waals surface area contributed by atoms with Crippen molar-refractivity contribution in [3.05, 3.63) is 65.2 Å². The van der Waals surface area contributed by atoms with Crippen LogP contribution >= 0.6 is 11.6 Å². The van der Waals surface area contributed by atoms with Crippen LogP contribution in [0.4, 0.5) is 5.82 Å². The number of benzene rings is 2. The summed E-state index contributed by atoms with van der Waals surface area (Å²) in [4.78, 5) is 12.5. The van der Waals surface area contributed by atoms with E-state index >= 15 is 0 Å². The molecule has 3 aromatic rings. The van der Waals surface area contributed by atoms with Crippen molar-refractivity contribution >= 4 is 23.3 Å². The second kappa shape index (κ2) is 7.68. The van der Waals surface area contributed by atoms with E-state index in [0.29, 0.717) is 16.4 Å². The summed E-state index contributed by atoms with van der Waals surface area (Å²) < 4.78 is 1.66. The quantitative estimate of drug-likeness (QED) is 0.656. The fourth-order valence-electron chi connectivity index (χ4n) is 2.61. The van der Waals surface area contributed by atoms with Crippen LogP contribution in [0, 0.1) is 5.41 Å². The molecule has 0 aliphatic carbocycles. The van der Waals surface area contributed by atoms with Gasteiger partial charge in [-0.1, -0.05) is 44.5 Å². The van der Waals surface area contributed by atoms with Gasteiger partial charge in [-0.15, -0.1) is 0 Å². The Morgan fingerprint density at radius 1 is 1.11 bits per heavy atom. The highest BCUT2D eigenvalue weighted by Gasteiger charge is 2.22. The largest absolute Gasteiger partial charge is 0.384 e. The average Bonchev–Trinajstić information content (AvgIpc) is 3.03. The summed E-state index contributed by atoms with van der Waals surface area (Å²) in [5.74, 6) is 0.424. The smallest absolute Gasteiger partial charge is 0.251 e. The zero-order valence-corrected chi connectivity index (χ0v) is 17.3. The summed E-state index contributed by atoms with van der Waals surface area (Å²) in [7, 11) is 0. The van der Waals surface area contributed by atoms with Gasteiger partial charge in [0.05, 0.1) is 11.4 Å². The number of nitrogens with zero attached hydrogens (tertiary/aromatic N) is 2. The molecule has 3 N–H and O–H groups in total. The highest BCUT2D eigenvalue weighted by atomic mass is 35.5. The van der Waals surface area contributed by atoms with Gasteiger partial charge in [0.2, 0.25) is 0 Å². The number of hydrogen-bond acceptors (Lipinski definition) is 3. The number of carbonyl (C=O) groups is 1. The second-order valence-electron chi connectivity index (χ2n) is 7.98. The molecule has 0 saturated carbocycles. The lowest BCUT2D eigenvalue weighted by atomic mass is 9.88. The molecule has 3 rings (SSSR count). The van der Waals surface area contributed by atoms with E-state index in [1.807, 2.05) is 49.4 Å². The molecule has 0 radical (unpaired) electrons. The van der Waals surface area contributed by atoms with Crippen LogP contribution in [0.25, 0.3) is 16.9 Å². The van der Waals surface area contributed by atoms with Crippen molar-refractivity contribution in [3.8, 4) is 16.9 Å². The van der Waals surface area contributed by atoms with Crippen molar-refractivity contribution in [1.29, 1.82) is 0 Å². The maximum absolute atomic E-state index is 12.5. The molecule has 1 heterocycles. The van der Waals surface area contributed by atoms with Crippen molar-refractivity contribution in [1.82, 2.24) is 15.1 Å². The number of nitrogens with two attached hydrogens (primary N) is 1. The third-order valence-corrected chi connectivity index (χ3v) is 5.15. The molecule has 1 atom stereocenters. The summed E-state index contributed by atoms with van der Waals surface area (Å²) in [6, 6.07) is 16.5. The lowest BCUT2D eigenvalue weighted by Crippen LogP contribution is -2.41. The van der Waals surface area contributed by atoms with Crippen molar-refractivity contribution in [3.63, 3.8) is 0 Å². The van der Waals surface area contributed by atoms with E-state index in [9.17, 15) is 4.79 Å². The van der Waals surface area contributed by atoms with Gasteiger partial charge in [-0.2, -0.15) is 5.10 Å². The minimum absolute atomic E-state index is 0.00280. The zero-order chi connectivity index (χ0) is 20.5. The van der Waals surface area contributed by atoms with Crippen LogP contribution in [0.3, 0.4) is 0 Å². The Morgan fingerprint density at radius 2 is 1.71 bits per heavy atom. The molecule has 146 valence electrons. The molecule has 0 aliphatic heterocycles. The van der Waals surface area contributed by atoms with Gasteiger partial charge < -0.3 is 11.1 Å². The fourth-order valence-corrected chi connectivity index (χ4v) is 2.74. The molecule has 0 unspecified atom stereocenters. The van der Waals surface area contributed by atoms with E-state index in [2.05, 4.69) is 31.2 Å². The summed E-state index contributed by atoms with van der Waals surface area (Å²) in [5, 5.41) is 8.30. The van der Waals surface area contributed by atoms with E-state index in [4.69, 9.17) is 17.3 Å². The highest BCUT2D eigenvalue weighted by molar-refractivity contribution is 6.30. The molecule has 0 fully saturated rings. The summed E-state index contributed by atoms with van der Waals surface area (Å²) in [5.41, 5.74) is 9.23. The number of carbonyl (C=O) groups excluding carboxylic acids is 1. The molecule has 2 aromatic carbocycles. The first-order valence-corrected chi connectivity index (χ1v) is 9.56. The maximum atomic E-state index is 12.5. The van der Waals surface area contributed by atoms with Crippen LogP contribution in [0.1, 0.15) is 38.1 Å². The number of rotatable bonds is 4. The molecule has 5 nitrogen and oxygen atoms in total. The molecular formula is C22H25ClN4O. The molecule has 28 heavy (non-hydrogen) atoms. The number of halogens is 1. The lowest BCUT2D eigenvalue weighted by Gasteiger charge is -2.28. The van der Waals surface area contributed by atoms with E-state index in [-0.39, 0.29) is 17.4 Å². The lowest BCUT2D eigenvalue weighted by molar-refractivity contribution is 0.0910. The normalized spacial score (nSPS) is 12.6. The summed E-state index contributed by atoms with van der Waals surface area (Å²) in [6.07, 6.45) is 0. The maximum Gasteiger partial charge on any atom is 0.251 e. The van der Waals surface area contributed by atoms with Gasteiger partial charge in [0, 0.05) is 28.3 Å². The number of hydrogen-bond donors (Lipinski definition) is 2. The first-order valence-electron chi connectivity index (χ1n) is 9.18. The van der Waals surface area contributed by atoms with Gasteiger partial charge >= 0.3 is 0 Å². The van der Waals surface area contributed by atoms with Crippen LogP contribution in [0.15, 0.2) is 54.6 Å².